The number of imidazole rings is 1. The third-order valence-electron chi connectivity index (χ3n) is 3.19. The molecule has 0 bridgehead atoms. The number of hydrogen-bond donors (Lipinski definition) is 1. The van der Waals surface area contributed by atoms with Crippen LogP contribution < -0.4 is 5.32 Å². The van der Waals surface area contributed by atoms with E-state index >= 15 is 0 Å². The number of nitrogens with zero attached hydrogens (tertiary/aromatic N) is 2. The van der Waals surface area contributed by atoms with Gasteiger partial charge in [0.2, 0.25) is 5.91 Å². The molecule has 0 aliphatic heterocycles. The maximum Gasteiger partial charge on any atom is 0.224 e. The molecule has 2 heterocycles. The van der Waals surface area contributed by atoms with Gasteiger partial charge in [-0.25, -0.2) is 4.98 Å². The van der Waals surface area contributed by atoms with E-state index in [0.717, 1.165) is 21.9 Å². The van der Waals surface area contributed by atoms with Gasteiger partial charge in [0.05, 0.1) is 5.69 Å². The number of carbonyl (C=O) groups excluding carboxylic acids is 1. The number of aromatic nitrogens is 2. The Morgan fingerprint density at radius 2 is 2.10 bits per heavy atom. The summed E-state index contributed by atoms with van der Waals surface area (Å²) >= 11 is 1.68. The number of carbonyl (C=O) groups is 1. The zero-order valence-corrected chi connectivity index (χ0v) is 12.2. The van der Waals surface area contributed by atoms with Crippen LogP contribution in [0.15, 0.2) is 36.7 Å². The standard InChI is InChI=1S/C15H15N3OS/c1-3-13(19)17-12-6-4-11(5-7-12)14-10(2)20-15-16-8-9-18(14)15/h4-9H,3H2,1-2H3,(H,17,19). The molecule has 3 aromatic rings. The molecule has 20 heavy (non-hydrogen) atoms. The summed E-state index contributed by atoms with van der Waals surface area (Å²) in [6.07, 6.45) is 4.27. The lowest BCUT2D eigenvalue weighted by molar-refractivity contribution is -0.115. The summed E-state index contributed by atoms with van der Waals surface area (Å²) in [6.45, 7) is 3.94. The van der Waals surface area contributed by atoms with Crippen molar-refractivity contribution in [1.29, 1.82) is 0 Å². The number of nitrogens with one attached hydrogen (secondary N) is 1. The minimum Gasteiger partial charge on any atom is -0.326 e. The minimum absolute atomic E-state index is 0.0291. The average Bonchev–Trinajstić information content (AvgIpc) is 2.99. The summed E-state index contributed by atoms with van der Waals surface area (Å²) < 4.78 is 2.10. The van der Waals surface area contributed by atoms with Crippen LogP contribution in [0.1, 0.15) is 18.2 Å². The molecule has 0 spiro atoms. The van der Waals surface area contributed by atoms with Crippen LogP contribution >= 0.6 is 11.3 Å². The van der Waals surface area contributed by atoms with Gasteiger partial charge < -0.3 is 5.32 Å². The molecule has 5 heteroatoms. The van der Waals surface area contributed by atoms with E-state index < -0.39 is 0 Å². The fourth-order valence-corrected chi connectivity index (χ4v) is 3.14. The fraction of sp³-hybridized carbons (Fsp3) is 0.200. The van der Waals surface area contributed by atoms with Crippen LogP contribution in [0.4, 0.5) is 5.69 Å². The number of hydrogen-bond acceptors (Lipinski definition) is 3. The smallest absolute Gasteiger partial charge is 0.224 e. The maximum atomic E-state index is 11.4. The van der Waals surface area contributed by atoms with Crippen molar-refractivity contribution in [3.8, 4) is 11.3 Å². The molecule has 0 saturated carbocycles. The van der Waals surface area contributed by atoms with Crippen LogP contribution in [0.25, 0.3) is 16.2 Å². The summed E-state index contributed by atoms with van der Waals surface area (Å²) in [5.41, 5.74) is 3.12. The second-order valence-electron chi connectivity index (χ2n) is 4.57. The highest BCUT2D eigenvalue weighted by Crippen LogP contribution is 2.31. The first kappa shape index (κ1) is 12.9. The molecule has 0 aliphatic carbocycles. The van der Waals surface area contributed by atoms with E-state index in [-0.39, 0.29) is 5.91 Å². The number of thiazole rings is 1. The van der Waals surface area contributed by atoms with Gasteiger partial charge in [0.25, 0.3) is 0 Å². The Balaban J connectivity index is 1.96. The van der Waals surface area contributed by atoms with Crippen LogP contribution in [0.3, 0.4) is 0 Å². The van der Waals surface area contributed by atoms with E-state index in [2.05, 4.69) is 21.6 Å². The van der Waals surface area contributed by atoms with Gasteiger partial charge in [-0.3, -0.25) is 9.20 Å². The molecule has 4 nitrogen and oxygen atoms in total. The van der Waals surface area contributed by atoms with Crippen molar-refractivity contribution >= 4 is 27.9 Å². The van der Waals surface area contributed by atoms with Gasteiger partial charge in [-0.2, -0.15) is 0 Å². The lowest BCUT2D eigenvalue weighted by Crippen LogP contribution is -2.09. The van der Waals surface area contributed by atoms with Crippen molar-refractivity contribution in [3.63, 3.8) is 0 Å². The molecular formula is C15H15N3OS. The molecule has 0 atom stereocenters. The van der Waals surface area contributed by atoms with Crippen LogP contribution in [0.2, 0.25) is 0 Å². The van der Waals surface area contributed by atoms with Crippen LogP contribution in [0, 0.1) is 6.92 Å². The Labute approximate surface area is 121 Å². The molecule has 1 amide bonds. The molecule has 102 valence electrons. The zero-order chi connectivity index (χ0) is 14.1. The number of fused-ring (bicyclic) bond motifs is 1. The highest BCUT2D eigenvalue weighted by Gasteiger charge is 2.11. The molecular weight excluding hydrogens is 270 g/mol. The summed E-state index contributed by atoms with van der Waals surface area (Å²) in [7, 11) is 0. The van der Waals surface area contributed by atoms with Gasteiger partial charge in [0.1, 0.15) is 0 Å². The Morgan fingerprint density at radius 1 is 1.35 bits per heavy atom. The first-order valence-electron chi connectivity index (χ1n) is 6.51. The van der Waals surface area contributed by atoms with E-state index in [1.54, 1.807) is 11.3 Å². The first-order valence-corrected chi connectivity index (χ1v) is 7.33. The average molecular weight is 285 g/mol. The zero-order valence-electron chi connectivity index (χ0n) is 11.4. The first-order chi connectivity index (χ1) is 9.69. The molecule has 0 saturated heterocycles. The molecule has 2 aromatic heterocycles. The molecule has 1 N–H and O–H groups in total. The minimum atomic E-state index is 0.0291. The summed E-state index contributed by atoms with van der Waals surface area (Å²) in [5.74, 6) is 0.0291. The lowest BCUT2D eigenvalue weighted by Gasteiger charge is -2.06. The number of amides is 1. The topological polar surface area (TPSA) is 46.4 Å². The number of benzene rings is 1. The molecule has 0 unspecified atom stereocenters. The Kier molecular flexibility index (Phi) is 3.28. The van der Waals surface area contributed by atoms with Crippen molar-refractivity contribution in [3.05, 3.63) is 41.5 Å². The molecule has 1 aromatic carbocycles. The molecule has 0 radical (unpaired) electrons. The largest absolute Gasteiger partial charge is 0.326 e. The van der Waals surface area contributed by atoms with Crippen molar-refractivity contribution in [2.24, 2.45) is 0 Å². The SMILES string of the molecule is CCC(=O)Nc1ccc(-c2c(C)sc3nccn23)cc1. The monoisotopic (exact) mass is 285 g/mol. The molecule has 3 rings (SSSR count). The van der Waals surface area contributed by atoms with E-state index in [1.165, 1.54) is 4.88 Å². The Bertz CT molecular complexity index is 755. The summed E-state index contributed by atoms with van der Waals surface area (Å²) in [5, 5.41) is 2.86. The lowest BCUT2D eigenvalue weighted by atomic mass is 10.1. The number of anilines is 1. The highest BCUT2D eigenvalue weighted by atomic mass is 32.1. The van der Waals surface area contributed by atoms with Crippen LogP contribution in [0.5, 0.6) is 0 Å². The third kappa shape index (κ3) is 2.20. The van der Waals surface area contributed by atoms with Gasteiger partial charge in [-0.1, -0.05) is 19.1 Å². The summed E-state index contributed by atoms with van der Waals surface area (Å²) in [4.78, 5) is 17.9. The van der Waals surface area contributed by atoms with Crippen LogP contribution in [-0.4, -0.2) is 15.3 Å². The van der Waals surface area contributed by atoms with Gasteiger partial charge >= 0.3 is 0 Å². The summed E-state index contributed by atoms with van der Waals surface area (Å²) in [6, 6.07) is 7.92. The molecule has 0 aliphatic rings. The van der Waals surface area contributed by atoms with Crippen molar-refractivity contribution in [1.82, 2.24) is 9.38 Å². The van der Waals surface area contributed by atoms with Gasteiger partial charge in [0.15, 0.2) is 4.96 Å². The predicted molar refractivity (Wildman–Crippen MR) is 82.2 cm³/mol. The molecule has 0 fully saturated rings. The van der Waals surface area contributed by atoms with Gasteiger partial charge in [-0.05, 0) is 24.6 Å². The second-order valence-corrected chi connectivity index (χ2v) is 5.75. The Hall–Kier alpha value is -2.14. The van der Waals surface area contributed by atoms with Gasteiger partial charge in [-0.15, -0.1) is 11.3 Å². The second kappa shape index (κ2) is 5.09. The van der Waals surface area contributed by atoms with Crippen molar-refractivity contribution in [2.75, 3.05) is 5.32 Å². The number of aryl methyl sites for hydroxylation is 1. The maximum absolute atomic E-state index is 11.4. The quantitative estimate of drug-likeness (QED) is 0.797. The van der Waals surface area contributed by atoms with E-state index in [4.69, 9.17) is 0 Å². The van der Waals surface area contributed by atoms with Crippen molar-refractivity contribution in [2.45, 2.75) is 20.3 Å². The highest BCUT2D eigenvalue weighted by molar-refractivity contribution is 7.17. The van der Waals surface area contributed by atoms with E-state index in [0.29, 0.717) is 6.42 Å². The number of rotatable bonds is 3. The van der Waals surface area contributed by atoms with Crippen LogP contribution in [-0.2, 0) is 4.79 Å². The van der Waals surface area contributed by atoms with Gasteiger partial charge in [0, 0.05) is 29.4 Å². The van der Waals surface area contributed by atoms with E-state index in [1.807, 2.05) is 43.6 Å². The van der Waals surface area contributed by atoms with Crippen molar-refractivity contribution < 1.29 is 4.79 Å². The Morgan fingerprint density at radius 3 is 2.80 bits per heavy atom. The predicted octanol–water partition coefficient (Wildman–Crippen LogP) is 3.72. The normalized spacial score (nSPS) is 10.9. The fourth-order valence-electron chi connectivity index (χ4n) is 2.19. The third-order valence-corrected chi connectivity index (χ3v) is 4.17. The van der Waals surface area contributed by atoms with E-state index in [9.17, 15) is 4.79 Å².